The van der Waals surface area contributed by atoms with Crippen molar-refractivity contribution in [2.24, 2.45) is 17.1 Å². The normalized spacial score (nSPS) is 53.0. The van der Waals surface area contributed by atoms with Crippen LogP contribution in [-0.4, -0.2) is 5.54 Å². The van der Waals surface area contributed by atoms with Gasteiger partial charge in [-0.3, -0.25) is 0 Å². The zero-order valence-corrected chi connectivity index (χ0v) is 6.28. The molecule has 0 aromatic carbocycles. The first-order valence-electron chi connectivity index (χ1n) is 3.87. The first kappa shape index (κ1) is 5.72. The first-order chi connectivity index (χ1) is 4.08. The van der Waals surface area contributed by atoms with Crippen molar-refractivity contribution < 1.29 is 0 Å². The quantitative estimate of drug-likeness (QED) is 0.565. The van der Waals surface area contributed by atoms with Crippen LogP contribution in [0.5, 0.6) is 0 Å². The molecule has 2 rings (SSSR count). The Bertz CT molecular complexity index is 149. The molecule has 52 valence electrons. The van der Waals surface area contributed by atoms with Crippen LogP contribution in [0.25, 0.3) is 0 Å². The minimum absolute atomic E-state index is 0.257. The van der Waals surface area contributed by atoms with Gasteiger partial charge in [0, 0.05) is 5.54 Å². The number of nitrogens with two attached hydrogens (primary N) is 1. The molecule has 0 aliphatic heterocycles. The summed E-state index contributed by atoms with van der Waals surface area (Å²) >= 11 is 0. The Labute approximate surface area is 56.6 Å². The molecule has 0 amide bonds. The summed E-state index contributed by atoms with van der Waals surface area (Å²) in [6.07, 6.45) is 4.01. The molecule has 1 nitrogen and oxygen atoms in total. The van der Waals surface area contributed by atoms with Crippen molar-refractivity contribution in [3.63, 3.8) is 0 Å². The van der Waals surface area contributed by atoms with Gasteiger partial charge in [0.1, 0.15) is 0 Å². The van der Waals surface area contributed by atoms with E-state index in [0.717, 1.165) is 5.92 Å². The third-order valence-corrected chi connectivity index (χ3v) is 3.49. The summed E-state index contributed by atoms with van der Waals surface area (Å²) < 4.78 is 0. The average molecular weight is 125 g/mol. The summed E-state index contributed by atoms with van der Waals surface area (Å²) in [5.41, 5.74) is 6.93. The van der Waals surface area contributed by atoms with E-state index in [-0.39, 0.29) is 5.54 Å². The molecule has 2 unspecified atom stereocenters. The van der Waals surface area contributed by atoms with Crippen LogP contribution in [0.15, 0.2) is 0 Å². The third-order valence-electron chi connectivity index (χ3n) is 3.49. The van der Waals surface area contributed by atoms with Gasteiger partial charge < -0.3 is 5.73 Å². The van der Waals surface area contributed by atoms with Gasteiger partial charge in [0.05, 0.1) is 0 Å². The minimum atomic E-state index is 0.257. The highest BCUT2D eigenvalue weighted by atomic mass is 14.9. The Morgan fingerprint density at radius 1 is 1.44 bits per heavy atom. The summed E-state index contributed by atoms with van der Waals surface area (Å²) in [4.78, 5) is 0. The van der Waals surface area contributed by atoms with Gasteiger partial charge in [-0.15, -0.1) is 0 Å². The molecule has 0 spiro atoms. The summed E-state index contributed by atoms with van der Waals surface area (Å²) in [6, 6.07) is 0. The van der Waals surface area contributed by atoms with Crippen molar-refractivity contribution in [1.82, 2.24) is 0 Å². The second-order valence-corrected chi connectivity index (χ2v) is 4.21. The fourth-order valence-corrected chi connectivity index (χ4v) is 1.94. The number of rotatable bonds is 1. The van der Waals surface area contributed by atoms with Gasteiger partial charge in [0.25, 0.3) is 0 Å². The topological polar surface area (TPSA) is 26.0 Å². The lowest BCUT2D eigenvalue weighted by atomic mass is 9.95. The molecule has 0 saturated heterocycles. The molecule has 2 N–H and O–H groups in total. The Hall–Kier alpha value is -0.0400. The molecular formula is C8H15N. The lowest BCUT2D eigenvalue weighted by molar-refractivity contribution is 0.392. The van der Waals surface area contributed by atoms with Crippen LogP contribution in [0.1, 0.15) is 33.1 Å². The van der Waals surface area contributed by atoms with Crippen LogP contribution in [0, 0.1) is 11.3 Å². The highest BCUT2D eigenvalue weighted by Gasteiger charge is 2.64. The largest absolute Gasteiger partial charge is 0.324 e. The van der Waals surface area contributed by atoms with Gasteiger partial charge in [-0.1, -0.05) is 13.8 Å². The monoisotopic (exact) mass is 125 g/mol. The lowest BCUT2D eigenvalue weighted by Crippen LogP contribution is -2.34. The van der Waals surface area contributed by atoms with E-state index in [1.807, 2.05) is 0 Å². The Balaban J connectivity index is 2.14. The molecule has 2 atom stereocenters. The maximum absolute atomic E-state index is 6.13. The predicted molar refractivity (Wildman–Crippen MR) is 38.0 cm³/mol. The fourth-order valence-electron chi connectivity index (χ4n) is 1.94. The molecule has 9 heavy (non-hydrogen) atoms. The highest BCUT2D eigenvalue weighted by Crippen LogP contribution is 2.64. The highest BCUT2D eigenvalue weighted by molar-refractivity contribution is 5.20. The molecule has 2 fully saturated rings. The van der Waals surface area contributed by atoms with E-state index in [2.05, 4.69) is 13.8 Å². The van der Waals surface area contributed by atoms with Gasteiger partial charge in [0.15, 0.2) is 0 Å². The molecule has 0 heterocycles. The summed E-state index contributed by atoms with van der Waals surface area (Å²) in [5.74, 6) is 0.796. The Morgan fingerprint density at radius 2 is 1.89 bits per heavy atom. The average Bonchev–Trinajstić information content (AvgIpc) is 2.57. The molecular weight excluding hydrogens is 110 g/mol. The zero-order chi connectivity index (χ0) is 6.70. The van der Waals surface area contributed by atoms with E-state index in [1.54, 1.807) is 0 Å². The van der Waals surface area contributed by atoms with Gasteiger partial charge in [-0.25, -0.2) is 0 Å². The smallest absolute Gasteiger partial charge is 0.0238 e. The number of hydrogen-bond donors (Lipinski definition) is 1. The van der Waals surface area contributed by atoms with Gasteiger partial charge >= 0.3 is 0 Å². The molecule has 0 bridgehead atoms. The summed E-state index contributed by atoms with van der Waals surface area (Å²) in [5, 5.41) is 0. The lowest BCUT2D eigenvalue weighted by Gasteiger charge is -2.17. The van der Waals surface area contributed by atoms with E-state index in [0.29, 0.717) is 5.41 Å². The molecule has 1 heteroatoms. The van der Waals surface area contributed by atoms with Crippen LogP contribution >= 0.6 is 0 Å². The standard InChI is InChI=1S/C8H15N/c1-6-5-8(6,9)7(2)3-4-7/h6H,3-5,9H2,1-2H3. The van der Waals surface area contributed by atoms with Crippen molar-refractivity contribution in [3.05, 3.63) is 0 Å². The van der Waals surface area contributed by atoms with Crippen LogP contribution < -0.4 is 5.73 Å². The Kier molecular flexibility index (Phi) is 0.760. The summed E-state index contributed by atoms with van der Waals surface area (Å²) in [6.45, 7) is 4.60. The van der Waals surface area contributed by atoms with Crippen molar-refractivity contribution in [2.45, 2.75) is 38.6 Å². The molecule has 0 aromatic rings. The van der Waals surface area contributed by atoms with Crippen molar-refractivity contribution in [1.29, 1.82) is 0 Å². The predicted octanol–water partition coefficient (Wildman–Crippen LogP) is 1.52. The van der Waals surface area contributed by atoms with Crippen LogP contribution in [0.4, 0.5) is 0 Å². The second-order valence-electron chi connectivity index (χ2n) is 4.21. The molecule has 0 radical (unpaired) electrons. The molecule has 2 saturated carbocycles. The van der Waals surface area contributed by atoms with Crippen molar-refractivity contribution >= 4 is 0 Å². The zero-order valence-electron chi connectivity index (χ0n) is 6.28. The number of hydrogen-bond acceptors (Lipinski definition) is 1. The van der Waals surface area contributed by atoms with Crippen molar-refractivity contribution in [3.8, 4) is 0 Å². The van der Waals surface area contributed by atoms with E-state index >= 15 is 0 Å². The van der Waals surface area contributed by atoms with E-state index < -0.39 is 0 Å². The van der Waals surface area contributed by atoms with E-state index in [4.69, 9.17) is 5.73 Å². The van der Waals surface area contributed by atoms with Crippen LogP contribution in [0.2, 0.25) is 0 Å². The fraction of sp³-hybridized carbons (Fsp3) is 1.00. The molecule has 2 aliphatic rings. The maximum Gasteiger partial charge on any atom is 0.0238 e. The van der Waals surface area contributed by atoms with E-state index in [1.165, 1.54) is 19.3 Å². The SMILES string of the molecule is CC1CC1(N)C1(C)CC1. The molecule has 2 aliphatic carbocycles. The van der Waals surface area contributed by atoms with Gasteiger partial charge in [-0.05, 0) is 30.6 Å². The third kappa shape index (κ3) is 0.536. The Morgan fingerprint density at radius 3 is 2.00 bits per heavy atom. The van der Waals surface area contributed by atoms with Crippen LogP contribution in [0.3, 0.4) is 0 Å². The van der Waals surface area contributed by atoms with Gasteiger partial charge in [-0.2, -0.15) is 0 Å². The second kappa shape index (κ2) is 1.20. The van der Waals surface area contributed by atoms with Gasteiger partial charge in [0.2, 0.25) is 0 Å². The van der Waals surface area contributed by atoms with Crippen molar-refractivity contribution in [2.75, 3.05) is 0 Å². The first-order valence-corrected chi connectivity index (χ1v) is 3.87. The summed E-state index contributed by atoms with van der Waals surface area (Å²) in [7, 11) is 0. The molecule has 0 aromatic heterocycles. The maximum atomic E-state index is 6.13. The van der Waals surface area contributed by atoms with Crippen LogP contribution in [-0.2, 0) is 0 Å². The van der Waals surface area contributed by atoms with E-state index in [9.17, 15) is 0 Å². The minimum Gasteiger partial charge on any atom is -0.324 e.